The van der Waals surface area contributed by atoms with Crippen LogP contribution in [0.15, 0.2) is 72.9 Å². The molecule has 0 saturated carbocycles. The molecule has 0 saturated heterocycles. The molecule has 1 amide bonds. The van der Waals surface area contributed by atoms with E-state index in [0.29, 0.717) is 16.4 Å². The van der Waals surface area contributed by atoms with Gasteiger partial charge in [0, 0.05) is 13.1 Å². The molecule has 3 rings (SSSR count). The number of carbonyl (C=O) groups is 1. The molecule has 0 bridgehead atoms. The molecule has 5 heteroatoms. The zero-order valence-corrected chi connectivity index (χ0v) is 15.3. The van der Waals surface area contributed by atoms with Crippen LogP contribution in [-0.2, 0) is 6.54 Å². The zero-order valence-electron chi connectivity index (χ0n) is 14.5. The van der Waals surface area contributed by atoms with Crippen LogP contribution in [0.3, 0.4) is 0 Å². The first kappa shape index (κ1) is 18.0. The Balaban J connectivity index is 1.70. The third kappa shape index (κ3) is 4.41. The summed E-state index contributed by atoms with van der Waals surface area (Å²) in [5.41, 5.74) is 3.13. The fourth-order valence-electron chi connectivity index (χ4n) is 2.65. The number of rotatable bonds is 6. The molecule has 26 heavy (non-hydrogen) atoms. The maximum Gasteiger partial charge on any atom is 0.274 e. The van der Waals surface area contributed by atoms with Gasteiger partial charge in [-0.25, -0.2) is 4.98 Å². The molecule has 0 aliphatic rings. The van der Waals surface area contributed by atoms with Crippen LogP contribution in [0.2, 0.25) is 5.02 Å². The van der Waals surface area contributed by atoms with E-state index in [2.05, 4.69) is 34.3 Å². The van der Waals surface area contributed by atoms with Crippen molar-refractivity contribution in [3.05, 3.63) is 89.2 Å². The summed E-state index contributed by atoms with van der Waals surface area (Å²) in [6, 6.07) is 21.0. The molecule has 0 aliphatic heterocycles. The van der Waals surface area contributed by atoms with E-state index in [-0.39, 0.29) is 5.91 Å². The van der Waals surface area contributed by atoms with E-state index in [9.17, 15) is 4.79 Å². The third-order valence-electron chi connectivity index (χ3n) is 4.07. The predicted octanol–water partition coefficient (Wildman–Crippen LogP) is 5.01. The van der Waals surface area contributed by atoms with Gasteiger partial charge < -0.3 is 10.2 Å². The Kier molecular flexibility index (Phi) is 5.87. The number of para-hydroxylation sites is 1. The second-order valence-electron chi connectivity index (χ2n) is 5.84. The fraction of sp³-hybridized carbons (Fsp3) is 0.143. The minimum atomic E-state index is -0.282. The number of pyridine rings is 1. The maximum atomic E-state index is 12.4. The quantitative estimate of drug-likeness (QED) is 0.667. The van der Waals surface area contributed by atoms with Crippen molar-refractivity contribution >= 4 is 28.9 Å². The van der Waals surface area contributed by atoms with E-state index in [1.54, 1.807) is 24.4 Å². The second-order valence-corrected chi connectivity index (χ2v) is 6.24. The summed E-state index contributed by atoms with van der Waals surface area (Å²) in [4.78, 5) is 18.9. The van der Waals surface area contributed by atoms with Gasteiger partial charge in [0.05, 0.1) is 22.6 Å². The number of carbonyl (C=O) groups excluding carboxylic acids is 1. The molecule has 1 aromatic heterocycles. The van der Waals surface area contributed by atoms with Gasteiger partial charge in [-0.1, -0.05) is 54.1 Å². The molecular formula is C21H20ClN3O. The summed E-state index contributed by atoms with van der Waals surface area (Å²) in [6.07, 6.45) is 1.73. The number of halogens is 1. The van der Waals surface area contributed by atoms with E-state index < -0.39 is 0 Å². The number of hydrogen-bond donors (Lipinski definition) is 1. The van der Waals surface area contributed by atoms with Crippen molar-refractivity contribution in [1.29, 1.82) is 0 Å². The fourth-order valence-corrected chi connectivity index (χ4v) is 2.83. The molecular weight excluding hydrogens is 346 g/mol. The first-order chi connectivity index (χ1) is 12.7. The van der Waals surface area contributed by atoms with Crippen molar-refractivity contribution in [2.24, 2.45) is 0 Å². The summed E-state index contributed by atoms with van der Waals surface area (Å²) in [6.45, 7) is 3.74. The van der Waals surface area contributed by atoms with E-state index in [1.165, 1.54) is 5.56 Å². The number of anilines is 2. The third-order valence-corrected chi connectivity index (χ3v) is 4.40. The molecule has 0 unspecified atom stereocenters. The summed E-state index contributed by atoms with van der Waals surface area (Å²) in [5, 5.41) is 3.28. The summed E-state index contributed by atoms with van der Waals surface area (Å²) in [5.74, 6) is -0.282. The van der Waals surface area contributed by atoms with Crippen LogP contribution in [0, 0.1) is 0 Å². The molecule has 0 spiro atoms. The number of nitrogens with one attached hydrogen (secondary N) is 1. The first-order valence-electron chi connectivity index (χ1n) is 8.48. The lowest BCUT2D eigenvalue weighted by molar-refractivity contribution is 0.102. The minimum absolute atomic E-state index is 0.282. The molecule has 0 aliphatic carbocycles. The average molecular weight is 366 g/mol. The number of benzene rings is 2. The smallest absolute Gasteiger partial charge is 0.274 e. The van der Waals surface area contributed by atoms with E-state index in [1.807, 2.05) is 36.4 Å². The Morgan fingerprint density at radius 1 is 1.04 bits per heavy atom. The van der Waals surface area contributed by atoms with Crippen LogP contribution in [0.5, 0.6) is 0 Å². The highest BCUT2D eigenvalue weighted by molar-refractivity contribution is 6.33. The van der Waals surface area contributed by atoms with Gasteiger partial charge in [0.25, 0.3) is 5.91 Å². The Morgan fingerprint density at radius 3 is 2.42 bits per heavy atom. The van der Waals surface area contributed by atoms with Gasteiger partial charge in [-0.15, -0.1) is 0 Å². The second kappa shape index (κ2) is 8.50. The standard InChI is InChI=1S/C21H20ClN3O/c1-2-25(15-16-8-4-3-5-9-16)17-12-13-20(23-14-17)21(26)24-19-11-7-6-10-18(19)22/h3-14H,2,15H2,1H3,(H,24,26). The average Bonchev–Trinajstić information content (AvgIpc) is 2.69. The zero-order chi connectivity index (χ0) is 18.4. The SMILES string of the molecule is CCN(Cc1ccccc1)c1ccc(C(=O)Nc2ccccc2Cl)nc1. The summed E-state index contributed by atoms with van der Waals surface area (Å²) >= 11 is 6.08. The van der Waals surface area contributed by atoms with Gasteiger partial charge in [-0.2, -0.15) is 0 Å². The number of hydrogen-bond acceptors (Lipinski definition) is 3. The lowest BCUT2D eigenvalue weighted by Crippen LogP contribution is -2.22. The van der Waals surface area contributed by atoms with Crippen LogP contribution >= 0.6 is 11.6 Å². The van der Waals surface area contributed by atoms with Gasteiger partial charge >= 0.3 is 0 Å². The first-order valence-corrected chi connectivity index (χ1v) is 8.86. The van der Waals surface area contributed by atoms with Crippen LogP contribution in [-0.4, -0.2) is 17.4 Å². The van der Waals surface area contributed by atoms with Crippen molar-refractivity contribution in [2.75, 3.05) is 16.8 Å². The summed E-state index contributed by atoms with van der Waals surface area (Å²) < 4.78 is 0. The Hall–Kier alpha value is -2.85. The Morgan fingerprint density at radius 2 is 1.77 bits per heavy atom. The lowest BCUT2D eigenvalue weighted by Gasteiger charge is -2.23. The number of amides is 1. The maximum absolute atomic E-state index is 12.4. The summed E-state index contributed by atoms with van der Waals surface area (Å²) in [7, 11) is 0. The van der Waals surface area contributed by atoms with Gasteiger partial charge in [-0.05, 0) is 36.8 Å². The molecule has 2 aromatic carbocycles. The minimum Gasteiger partial charge on any atom is -0.366 e. The van der Waals surface area contributed by atoms with Crippen LogP contribution < -0.4 is 10.2 Å². The molecule has 0 radical (unpaired) electrons. The van der Waals surface area contributed by atoms with Crippen LogP contribution in [0.1, 0.15) is 23.0 Å². The van der Waals surface area contributed by atoms with Gasteiger partial charge in [0.15, 0.2) is 0 Å². The monoisotopic (exact) mass is 365 g/mol. The van der Waals surface area contributed by atoms with E-state index >= 15 is 0 Å². The van der Waals surface area contributed by atoms with Crippen LogP contribution in [0.25, 0.3) is 0 Å². The van der Waals surface area contributed by atoms with Gasteiger partial charge in [0.1, 0.15) is 5.69 Å². The lowest BCUT2D eigenvalue weighted by atomic mass is 10.2. The molecule has 3 aromatic rings. The highest BCUT2D eigenvalue weighted by atomic mass is 35.5. The van der Waals surface area contributed by atoms with Crippen molar-refractivity contribution in [2.45, 2.75) is 13.5 Å². The number of aromatic nitrogens is 1. The van der Waals surface area contributed by atoms with Crippen molar-refractivity contribution < 1.29 is 4.79 Å². The molecule has 0 atom stereocenters. The number of nitrogens with zero attached hydrogens (tertiary/aromatic N) is 2. The van der Waals surface area contributed by atoms with Crippen molar-refractivity contribution in [3.8, 4) is 0 Å². The predicted molar refractivity (Wildman–Crippen MR) is 107 cm³/mol. The van der Waals surface area contributed by atoms with Gasteiger partial charge in [0.2, 0.25) is 0 Å². The highest BCUT2D eigenvalue weighted by Crippen LogP contribution is 2.21. The van der Waals surface area contributed by atoms with E-state index in [4.69, 9.17) is 11.6 Å². The normalized spacial score (nSPS) is 10.4. The highest BCUT2D eigenvalue weighted by Gasteiger charge is 2.11. The van der Waals surface area contributed by atoms with Crippen molar-refractivity contribution in [3.63, 3.8) is 0 Å². The topological polar surface area (TPSA) is 45.2 Å². The van der Waals surface area contributed by atoms with Crippen LogP contribution in [0.4, 0.5) is 11.4 Å². The van der Waals surface area contributed by atoms with E-state index in [0.717, 1.165) is 18.8 Å². The molecule has 1 heterocycles. The Labute approximate surface area is 158 Å². The molecule has 0 fully saturated rings. The van der Waals surface area contributed by atoms with Gasteiger partial charge in [-0.3, -0.25) is 4.79 Å². The largest absolute Gasteiger partial charge is 0.366 e. The molecule has 4 nitrogen and oxygen atoms in total. The molecule has 1 N–H and O–H groups in total. The van der Waals surface area contributed by atoms with Crippen molar-refractivity contribution in [1.82, 2.24) is 4.98 Å². The molecule has 132 valence electrons. The Bertz CT molecular complexity index is 866.